The van der Waals surface area contributed by atoms with E-state index in [4.69, 9.17) is 15.2 Å². The molecule has 1 aromatic carbocycles. The van der Waals surface area contributed by atoms with Gasteiger partial charge >= 0.3 is 0 Å². The van der Waals surface area contributed by atoms with Gasteiger partial charge in [0.2, 0.25) is 35.4 Å². The molecule has 1 unspecified atom stereocenters. The van der Waals surface area contributed by atoms with E-state index in [0.717, 1.165) is 16.5 Å². The second-order valence-corrected chi connectivity index (χ2v) is 22.8. The lowest BCUT2D eigenvalue weighted by Gasteiger charge is -2.41. The number of benzene rings is 1. The highest BCUT2D eigenvalue weighted by atomic mass is 16.5. The van der Waals surface area contributed by atoms with Gasteiger partial charge in [0.25, 0.3) is 0 Å². The molecule has 0 saturated carbocycles. The van der Waals surface area contributed by atoms with Crippen molar-refractivity contribution >= 4 is 63.7 Å². The number of hydrogen-bond acceptors (Lipinski definition) is 12. The third-order valence-corrected chi connectivity index (χ3v) is 16.5. The van der Waals surface area contributed by atoms with Gasteiger partial charge in [0.1, 0.15) is 5.78 Å². The van der Waals surface area contributed by atoms with Crippen molar-refractivity contribution in [3.8, 4) is 0 Å². The zero-order valence-corrected chi connectivity index (χ0v) is 48.4. The van der Waals surface area contributed by atoms with Crippen molar-refractivity contribution in [3.05, 3.63) is 36.0 Å². The zero-order chi connectivity index (χ0) is 57.3. The SMILES string of the molecule is CC[C@H](C)[C@@H]([C@@H](CC(=O)N1CCC[C@H]1[C@H](OC)[C@@H](C)C(=O)C[C@@H](Cc1c[nH]c2ccccc12)C(N)=O)OC)N(C)C(=O)[C@@H](CC(=O)[C@H](C(C)C)N(C)CCCC(=O)CNC(=O)CCCCCN1C(=O)CC(C)C1=O)C(C)C. The number of aromatic nitrogens is 1. The summed E-state index contributed by atoms with van der Waals surface area (Å²) in [6.45, 7) is 16.6. The van der Waals surface area contributed by atoms with Crippen LogP contribution in [-0.2, 0) is 59.0 Å². The molecule has 3 heterocycles. The monoisotopic (exact) mass is 1080 g/mol. The lowest BCUT2D eigenvalue weighted by molar-refractivity contribution is -0.149. The van der Waals surface area contributed by atoms with Gasteiger partial charge in [-0.3, -0.25) is 53.0 Å². The number of ketones is 3. The van der Waals surface area contributed by atoms with Gasteiger partial charge in [0.05, 0.1) is 43.3 Å². The number of para-hydroxylation sites is 1. The molecule has 0 aliphatic carbocycles. The van der Waals surface area contributed by atoms with Crippen LogP contribution in [0.5, 0.6) is 0 Å². The summed E-state index contributed by atoms with van der Waals surface area (Å²) in [5.41, 5.74) is 7.71. The van der Waals surface area contributed by atoms with Crippen LogP contribution in [0.15, 0.2) is 30.5 Å². The second kappa shape index (κ2) is 30.7. The van der Waals surface area contributed by atoms with Crippen LogP contribution in [0.3, 0.4) is 0 Å². The number of nitrogens with one attached hydrogen (secondary N) is 2. The topological polar surface area (TPSA) is 239 Å². The molecule has 2 fully saturated rings. The van der Waals surface area contributed by atoms with E-state index < -0.39 is 54.0 Å². The van der Waals surface area contributed by atoms with Crippen LogP contribution < -0.4 is 11.1 Å². The lowest BCUT2D eigenvalue weighted by atomic mass is 9.83. The largest absolute Gasteiger partial charge is 0.379 e. The van der Waals surface area contributed by atoms with Crippen molar-refractivity contribution < 1.29 is 52.6 Å². The molecule has 10 atom stereocenters. The van der Waals surface area contributed by atoms with Crippen molar-refractivity contribution in [2.75, 3.05) is 54.5 Å². The summed E-state index contributed by atoms with van der Waals surface area (Å²) in [6, 6.07) is 6.33. The van der Waals surface area contributed by atoms with Gasteiger partial charge in [-0.15, -0.1) is 0 Å². The first-order valence-corrected chi connectivity index (χ1v) is 28.3. The van der Waals surface area contributed by atoms with Crippen molar-refractivity contribution in [3.63, 3.8) is 0 Å². The fourth-order valence-electron chi connectivity index (χ4n) is 11.8. The number of carbonyl (C=O) groups excluding carboxylic acids is 9. The predicted octanol–water partition coefficient (Wildman–Crippen LogP) is 6.30. The Balaban J connectivity index is 1.32. The van der Waals surface area contributed by atoms with Gasteiger partial charge in [-0.25, -0.2) is 0 Å². The molecule has 2 aliphatic heterocycles. The van der Waals surface area contributed by atoms with E-state index in [1.54, 1.807) is 37.8 Å². The van der Waals surface area contributed by atoms with Crippen LogP contribution in [0.25, 0.3) is 10.9 Å². The molecule has 4 N–H and O–H groups in total. The average molecular weight is 1080 g/mol. The molecule has 2 saturated heterocycles. The van der Waals surface area contributed by atoms with Crippen LogP contribution in [-0.4, -0.2) is 162 Å². The molecular formula is C59H93N7O11. The lowest BCUT2D eigenvalue weighted by Crippen LogP contribution is -2.54. The highest BCUT2D eigenvalue weighted by Crippen LogP contribution is 2.33. The van der Waals surface area contributed by atoms with Gasteiger partial charge in [0, 0.05) is 107 Å². The minimum atomic E-state index is -0.729. The minimum Gasteiger partial charge on any atom is -0.379 e. The number of primary amides is 1. The van der Waals surface area contributed by atoms with Crippen molar-refractivity contribution in [2.24, 2.45) is 47.2 Å². The Morgan fingerprint density at radius 3 is 2.18 bits per heavy atom. The number of rotatable bonds is 35. The smallest absolute Gasteiger partial charge is 0.232 e. The van der Waals surface area contributed by atoms with Gasteiger partial charge in [-0.05, 0) is 81.5 Å². The normalized spacial score (nSPS) is 19.1. The molecule has 18 nitrogen and oxygen atoms in total. The number of carbonyl (C=O) groups is 9. The first-order chi connectivity index (χ1) is 36.5. The highest BCUT2D eigenvalue weighted by Gasteiger charge is 2.44. The van der Waals surface area contributed by atoms with Gasteiger partial charge in [0.15, 0.2) is 11.6 Å². The molecule has 77 heavy (non-hydrogen) atoms. The fraction of sp³-hybridized carbons (Fsp3) is 0.712. The van der Waals surface area contributed by atoms with Gasteiger partial charge in [-0.2, -0.15) is 0 Å². The number of H-pyrrole nitrogens is 1. The molecular weight excluding hydrogens is 983 g/mol. The summed E-state index contributed by atoms with van der Waals surface area (Å²) >= 11 is 0. The summed E-state index contributed by atoms with van der Waals surface area (Å²) in [7, 11) is 6.67. The third kappa shape index (κ3) is 17.6. The number of methoxy groups -OCH3 is 2. The number of fused-ring (bicyclic) bond motifs is 1. The van der Waals surface area contributed by atoms with E-state index in [0.29, 0.717) is 71.0 Å². The summed E-state index contributed by atoms with van der Waals surface area (Å²) in [6.07, 6.45) is 5.81. The Hall–Kier alpha value is -5.33. The number of amides is 6. The molecule has 0 radical (unpaired) electrons. The second-order valence-electron chi connectivity index (χ2n) is 22.8. The molecule has 2 aromatic rings. The Morgan fingerprint density at radius 2 is 1.57 bits per heavy atom. The van der Waals surface area contributed by atoms with Crippen LogP contribution in [0.4, 0.5) is 0 Å². The first kappa shape index (κ1) is 64.2. The Bertz CT molecular complexity index is 2330. The summed E-state index contributed by atoms with van der Waals surface area (Å²) in [4.78, 5) is 130. The van der Waals surface area contributed by atoms with Crippen LogP contribution >= 0.6 is 0 Å². The van der Waals surface area contributed by atoms with E-state index in [2.05, 4.69) is 10.3 Å². The number of unbranched alkanes of at least 4 members (excludes halogenated alkanes) is 2. The number of likely N-dealkylation sites (N-methyl/N-ethyl adjacent to an activating group) is 2. The number of nitrogens with two attached hydrogens (primary N) is 1. The number of nitrogens with zero attached hydrogens (tertiary/aromatic N) is 4. The molecule has 430 valence electrons. The third-order valence-electron chi connectivity index (χ3n) is 16.5. The van der Waals surface area contributed by atoms with Crippen LogP contribution in [0.1, 0.15) is 144 Å². The first-order valence-electron chi connectivity index (χ1n) is 28.3. The Morgan fingerprint density at radius 1 is 0.870 bits per heavy atom. The number of Topliss-reactive ketones (excluding diaryl/α,β-unsaturated/α-hetero) is 3. The summed E-state index contributed by atoms with van der Waals surface area (Å²) < 4.78 is 12.1. The molecule has 0 spiro atoms. The van der Waals surface area contributed by atoms with E-state index in [1.165, 1.54) is 12.0 Å². The maximum absolute atomic E-state index is 14.8. The molecule has 1 aromatic heterocycles. The van der Waals surface area contributed by atoms with Gasteiger partial charge in [-0.1, -0.05) is 86.4 Å². The van der Waals surface area contributed by atoms with E-state index in [-0.39, 0.29) is 116 Å². The standard InChI is InChI=1S/C59H93N7O11/c1-13-38(6)55(50(76-11)33-53(72)65-28-20-24-47(65)56(77-12)40(8)48(68)31-41(57(60)73)30-42-34-61-46-23-17-16-22-44(42)46)64(10)59(75)45(36(2)3)32-49(69)54(37(4)5)63(9)26-19-21-43(67)35-62-51(70)25-15-14-18-27-66-52(71)29-39(7)58(66)74/h16-17,22-23,34,36-41,45,47,50,54-56,61H,13-15,18-21,24-33,35H2,1-12H3,(H2,60,73)(H,62,70)/t38-,39?,40-,41+,45-,47-,50+,54-,55-,56+/m0/s1. The number of hydrogen-bond donors (Lipinski definition) is 3. The molecule has 4 rings (SSSR count). The quantitative estimate of drug-likeness (QED) is 0.0509. The van der Waals surface area contributed by atoms with E-state index in [1.807, 2.05) is 84.0 Å². The minimum absolute atomic E-state index is 0.00445. The van der Waals surface area contributed by atoms with E-state index >= 15 is 0 Å². The van der Waals surface area contributed by atoms with Crippen molar-refractivity contribution in [1.29, 1.82) is 0 Å². The van der Waals surface area contributed by atoms with Crippen molar-refractivity contribution in [1.82, 2.24) is 29.9 Å². The molecule has 2 aliphatic rings. The molecule has 18 heteroatoms. The Kier molecular flexibility index (Phi) is 25.6. The van der Waals surface area contributed by atoms with Crippen LogP contribution in [0.2, 0.25) is 0 Å². The van der Waals surface area contributed by atoms with Crippen LogP contribution in [0, 0.1) is 41.4 Å². The summed E-state index contributed by atoms with van der Waals surface area (Å²) in [5.74, 6) is -4.50. The molecule has 6 amide bonds. The molecule has 0 bridgehead atoms. The average Bonchev–Trinajstić information content (AvgIpc) is 4.10. The maximum Gasteiger partial charge on any atom is 0.232 e. The zero-order valence-electron chi connectivity index (χ0n) is 48.4. The fourth-order valence-corrected chi connectivity index (χ4v) is 11.8. The maximum atomic E-state index is 14.8. The Labute approximate surface area is 458 Å². The number of imide groups is 1. The van der Waals surface area contributed by atoms with E-state index in [9.17, 15) is 43.2 Å². The summed E-state index contributed by atoms with van der Waals surface area (Å²) in [5, 5.41) is 3.67. The number of aromatic amines is 1. The highest BCUT2D eigenvalue weighted by molar-refractivity contribution is 6.03. The van der Waals surface area contributed by atoms with Crippen molar-refractivity contribution in [2.45, 2.75) is 176 Å². The predicted molar refractivity (Wildman–Crippen MR) is 296 cm³/mol. The number of likely N-dealkylation sites (tertiary alicyclic amines) is 2. The van der Waals surface area contributed by atoms with Gasteiger partial charge < -0.3 is 35.3 Å². The number of ether oxygens (including phenoxy) is 2.